The molecule has 0 saturated heterocycles. The fourth-order valence-corrected chi connectivity index (χ4v) is 1.31. The Balaban J connectivity index is 1.91. The lowest BCUT2D eigenvalue weighted by molar-refractivity contribution is 0.0586. The van der Waals surface area contributed by atoms with Gasteiger partial charge in [-0.15, -0.1) is 5.10 Å². The number of nitrogens with zero attached hydrogens (tertiary/aromatic N) is 3. The van der Waals surface area contributed by atoms with Crippen molar-refractivity contribution in [2.24, 2.45) is 5.92 Å². The molecular formula is C9H13N3O2. The first-order chi connectivity index (χ1) is 6.79. The standard InChI is InChI=1S/C9H13N3O2/c1-14-9(13)8-10-6-12(11-8)5-4-7-2-3-7/h6-7H,2-5H2,1H3. The molecule has 1 heterocycles. The summed E-state index contributed by atoms with van der Waals surface area (Å²) in [6.07, 6.45) is 5.37. The first kappa shape index (κ1) is 9.18. The highest BCUT2D eigenvalue weighted by Crippen LogP contribution is 2.32. The summed E-state index contributed by atoms with van der Waals surface area (Å²) in [6.45, 7) is 0.842. The van der Waals surface area contributed by atoms with E-state index in [1.807, 2.05) is 0 Å². The lowest BCUT2D eigenvalue weighted by Gasteiger charge is -1.97. The first-order valence-electron chi connectivity index (χ1n) is 4.77. The van der Waals surface area contributed by atoms with E-state index in [1.54, 1.807) is 11.0 Å². The monoisotopic (exact) mass is 195 g/mol. The van der Waals surface area contributed by atoms with E-state index >= 15 is 0 Å². The highest BCUT2D eigenvalue weighted by Gasteiger charge is 2.21. The Morgan fingerprint density at radius 1 is 1.71 bits per heavy atom. The summed E-state index contributed by atoms with van der Waals surface area (Å²) in [4.78, 5) is 14.9. The molecule has 5 heteroatoms. The second kappa shape index (κ2) is 3.77. The van der Waals surface area contributed by atoms with Crippen LogP contribution in [0.1, 0.15) is 29.9 Å². The molecule has 1 aliphatic carbocycles. The SMILES string of the molecule is COC(=O)c1ncn(CCC2CC2)n1. The second-order valence-corrected chi connectivity index (χ2v) is 3.55. The number of ether oxygens (including phenoxy) is 1. The summed E-state index contributed by atoms with van der Waals surface area (Å²) in [6, 6.07) is 0. The lowest BCUT2D eigenvalue weighted by atomic mass is 10.3. The molecule has 0 radical (unpaired) electrons. The van der Waals surface area contributed by atoms with Crippen LogP contribution in [0.3, 0.4) is 0 Å². The third kappa shape index (κ3) is 2.10. The topological polar surface area (TPSA) is 57.0 Å². The van der Waals surface area contributed by atoms with Gasteiger partial charge in [0.15, 0.2) is 0 Å². The molecular weight excluding hydrogens is 182 g/mol. The molecule has 0 atom stereocenters. The third-order valence-electron chi connectivity index (χ3n) is 2.37. The van der Waals surface area contributed by atoms with Crippen LogP contribution in [0.5, 0.6) is 0 Å². The number of esters is 1. The van der Waals surface area contributed by atoms with Gasteiger partial charge in [-0.3, -0.25) is 4.68 Å². The van der Waals surface area contributed by atoms with Gasteiger partial charge in [0.2, 0.25) is 0 Å². The van der Waals surface area contributed by atoms with Crippen LogP contribution in [0.2, 0.25) is 0 Å². The summed E-state index contributed by atoms with van der Waals surface area (Å²) >= 11 is 0. The van der Waals surface area contributed by atoms with E-state index in [2.05, 4.69) is 14.8 Å². The van der Waals surface area contributed by atoms with Crippen LogP contribution >= 0.6 is 0 Å². The Hall–Kier alpha value is -1.39. The molecule has 0 aromatic carbocycles. The summed E-state index contributed by atoms with van der Waals surface area (Å²) in [5, 5.41) is 4.01. The molecule has 1 fully saturated rings. The number of carbonyl (C=O) groups excluding carboxylic acids is 1. The van der Waals surface area contributed by atoms with E-state index in [1.165, 1.54) is 20.0 Å². The Morgan fingerprint density at radius 3 is 3.14 bits per heavy atom. The molecule has 1 saturated carbocycles. The molecule has 14 heavy (non-hydrogen) atoms. The summed E-state index contributed by atoms with van der Waals surface area (Å²) in [7, 11) is 1.33. The van der Waals surface area contributed by atoms with Crippen LogP contribution in [0.4, 0.5) is 0 Å². The Kier molecular flexibility index (Phi) is 2.47. The highest BCUT2D eigenvalue weighted by atomic mass is 16.5. The van der Waals surface area contributed by atoms with Gasteiger partial charge >= 0.3 is 5.97 Å². The van der Waals surface area contributed by atoms with Gasteiger partial charge in [-0.2, -0.15) is 0 Å². The highest BCUT2D eigenvalue weighted by molar-refractivity contribution is 5.84. The average molecular weight is 195 g/mol. The van der Waals surface area contributed by atoms with Gasteiger partial charge in [-0.1, -0.05) is 12.8 Å². The van der Waals surface area contributed by atoms with Crippen molar-refractivity contribution in [2.45, 2.75) is 25.8 Å². The van der Waals surface area contributed by atoms with Crippen LogP contribution in [-0.4, -0.2) is 27.8 Å². The zero-order chi connectivity index (χ0) is 9.97. The number of hydrogen-bond donors (Lipinski definition) is 0. The van der Waals surface area contributed by atoms with Crippen LogP contribution in [0.25, 0.3) is 0 Å². The van der Waals surface area contributed by atoms with E-state index < -0.39 is 5.97 Å². The molecule has 0 N–H and O–H groups in total. The predicted molar refractivity (Wildman–Crippen MR) is 48.7 cm³/mol. The fraction of sp³-hybridized carbons (Fsp3) is 0.667. The molecule has 0 bridgehead atoms. The van der Waals surface area contributed by atoms with Gasteiger partial charge in [-0.25, -0.2) is 9.78 Å². The van der Waals surface area contributed by atoms with Crippen molar-refractivity contribution in [1.82, 2.24) is 14.8 Å². The van der Waals surface area contributed by atoms with Gasteiger partial charge in [0.25, 0.3) is 5.82 Å². The van der Waals surface area contributed by atoms with Gasteiger partial charge in [-0.05, 0) is 12.3 Å². The maximum absolute atomic E-state index is 11.0. The molecule has 5 nitrogen and oxygen atoms in total. The quantitative estimate of drug-likeness (QED) is 0.669. The van der Waals surface area contributed by atoms with Crippen molar-refractivity contribution < 1.29 is 9.53 Å². The molecule has 1 aromatic heterocycles. The molecule has 0 aliphatic heterocycles. The molecule has 2 rings (SSSR count). The predicted octanol–water partition coefficient (Wildman–Crippen LogP) is 0.865. The average Bonchev–Trinajstić information content (AvgIpc) is 2.92. The second-order valence-electron chi connectivity index (χ2n) is 3.55. The lowest BCUT2D eigenvalue weighted by Crippen LogP contribution is -2.06. The number of aromatic nitrogens is 3. The van der Waals surface area contributed by atoms with Crippen LogP contribution in [0.15, 0.2) is 6.33 Å². The molecule has 0 spiro atoms. The molecule has 1 aromatic rings. The van der Waals surface area contributed by atoms with Gasteiger partial charge in [0, 0.05) is 6.54 Å². The van der Waals surface area contributed by atoms with Crippen LogP contribution in [0, 0.1) is 5.92 Å². The smallest absolute Gasteiger partial charge is 0.377 e. The maximum Gasteiger partial charge on any atom is 0.377 e. The van der Waals surface area contributed by atoms with Crippen molar-refractivity contribution in [3.05, 3.63) is 12.2 Å². The van der Waals surface area contributed by atoms with Crippen molar-refractivity contribution in [2.75, 3.05) is 7.11 Å². The molecule has 1 aliphatic rings. The minimum absolute atomic E-state index is 0.142. The summed E-state index contributed by atoms with van der Waals surface area (Å²) in [5.74, 6) is 0.527. The van der Waals surface area contributed by atoms with Crippen LogP contribution in [-0.2, 0) is 11.3 Å². The van der Waals surface area contributed by atoms with Crippen molar-refractivity contribution in [1.29, 1.82) is 0 Å². The van der Waals surface area contributed by atoms with Crippen LogP contribution < -0.4 is 0 Å². The normalized spacial score (nSPS) is 15.5. The van der Waals surface area contributed by atoms with Gasteiger partial charge < -0.3 is 4.74 Å². The number of aryl methyl sites for hydroxylation is 1. The molecule has 0 unspecified atom stereocenters. The number of carbonyl (C=O) groups is 1. The van der Waals surface area contributed by atoms with Gasteiger partial charge in [0.1, 0.15) is 6.33 Å². The maximum atomic E-state index is 11.0. The summed E-state index contributed by atoms with van der Waals surface area (Å²) < 4.78 is 6.21. The van der Waals surface area contributed by atoms with Crippen molar-refractivity contribution >= 4 is 5.97 Å². The van der Waals surface area contributed by atoms with E-state index in [9.17, 15) is 4.79 Å². The number of hydrogen-bond acceptors (Lipinski definition) is 4. The minimum atomic E-state index is -0.477. The largest absolute Gasteiger partial charge is 0.463 e. The zero-order valence-electron chi connectivity index (χ0n) is 8.14. The van der Waals surface area contributed by atoms with E-state index in [0.29, 0.717) is 0 Å². The van der Waals surface area contributed by atoms with Gasteiger partial charge in [0.05, 0.1) is 7.11 Å². The Labute approximate surface area is 82.1 Å². The van der Waals surface area contributed by atoms with E-state index in [0.717, 1.165) is 18.9 Å². The van der Waals surface area contributed by atoms with Crippen molar-refractivity contribution in [3.63, 3.8) is 0 Å². The molecule has 0 amide bonds. The zero-order valence-corrected chi connectivity index (χ0v) is 8.14. The number of methoxy groups -OCH3 is 1. The minimum Gasteiger partial charge on any atom is -0.463 e. The fourth-order valence-electron chi connectivity index (χ4n) is 1.31. The first-order valence-corrected chi connectivity index (χ1v) is 4.77. The third-order valence-corrected chi connectivity index (χ3v) is 2.37. The Bertz CT molecular complexity index is 331. The Morgan fingerprint density at radius 2 is 2.50 bits per heavy atom. The van der Waals surface area contributed by atoms with E-state index in [-0.39, 0.29) is 5.82 Å². The summed E-state index contributed by atoms with van der Waals surface area (Å²) in [5.41, 5.74) is 0. The van der Waals surface area contributed by atoms with Crippen molar-refractivity contribution in [3.8, 4) is 0 Å². The van der Waals surface area contributed by atoms with E-state index in [4.69, 9.17) is 0 Å². The number of rotatable bonds is 4. The molecule has 76 valence electrons.